The van der Waals surface area contributed by atoms with Crippen LogP contribution in [-0.2, 0) is 4.74 Å². The molecule has 0 bridgehead atoms. The Hall–Kier alpha value is -0.620. The van der Waals surface area contributed by atoms with Crippen LogP contribution in [-0.4, -0.2) is 43.2 Å². The van der Waals surface area contributed by atoms with Gasteiger partial charge < -0.3 is 15.4 Å². The Morgan fingerprint density at radius 2 is 2.10 bits per heavy atom. The van der Waals surface area contributed by atoms with Gasteiger partial charge in [0.2, 0.25) is 0 Å². The molecule has 2 rings (SSSR count). The topological polar surface area (TPSA) is 55.6 Å². The summed E-state index contributed by atoms with van der Waals surface area (Å²) in [6.07, 6.45) is 3.06. The van der Waals surface area contributed by atoms with Gasteiger partial charge >= 0.3 is 0 Å². The highest BCUT2D eigenvalue weighted by molar-refractivity contribution is 7.14. The minimum Gasteiger partial charge on any atom is -0.378 e. The van der Waals surface area contributed by atoms with Crippen LogP contribution in [0.5, 0.6) is 0 Å². The van der Waals surface area contributed by atoms with Crippen molar-refractivity contribution < 1.29 is 9.53 Å². The van der Waals surface area contributed by atoms with Crippen molar-refractivity contribution in [3.63, 3.8) is 0 Å². The summed E-state index contributed by atoms with van der Waals surface area (Å²) in [4.78, 5) is 16.5. The van der Waals surface area contributed by atoms with E-state index in [0.29, 0.717) is 6.54 Å². The Morgan fingerprint density at radius 3 is 2.62 bits per heavy atom. The number of nitrogens with zero attached hydrogens (tertiary/aromatic N) is 1. The van der Waals surface area contributed by atoms with Crippen molar-refractivity contribution in [3.05, 3.63) is 21.4 Å². The van der Waals surface area contributed by atoms with E-state index in [9.17, 15) is 4.79 Å². The van der Waals surface area contributed by atoms with Gasteiger partial charge in [-0.15, -0.1) is 23.7 Å². The SMILES string of the molecule is Cc1cc(C(=O)N2CCC(OCCCN)CC2)sc1C.Cl. The lowest BCUT2D eigenvalue weighted by molar-refractivity contribution is 0.00857. The zero-order valence-electron chi connectivity index (χ0n) is 12.8. The third-order valence-corrected chi connectivity index (χ3v) is 4.95. The number of rotatable bonds is 5. The van der Waals surface area contributed by atoms with Crippen LogP contribution < -0.4 is 5.73 Å². The van der Waals surface area contributed by atoms with Crippen LogP contribution in [0.3, 0.4) is 0 Å². The fourth-order valence-electron chi connectivity index (χ4n) is 2.39. The molecule has 1 fully saturated rings. The molecule has 1 aliphatic heterocycles. The zero-order valence-corrected chi connectivity index (χ0v) is 14.4. The summed E-state index contributed by atoms with van der Waals surface area (Å²) in [5.74, 6) is 0.173. The van der Waals surface area contributed by atoms with Crippen molar-refractivity contribution in [2.24, 2.45) is 5.73 Å². The summed E-state index contributed by atoms with van der Waals surface area (Å²) in [7, 11) is 0. The van der Waals surface area contributed by atoms with Gasteiger partial charge in [0.15, 0.2) is 0 Å². The predicted octanol–water partition coefficient (Wildman–Crippen LogP) is 2.76. The first-order valence-corrected chi connectivity index (χ1v) is 8.11. The number of hydrogen-bond acceptors (Lipinski definition) is 4. The fraction of sp³-hybridized carbons (Fsp3) is 0.667. The summed E-state index contributed by atoms with van der Waals surface area (Å²) in [5.41, 5.74) is 6.66. The smallest absolute Gasteiger partial charge is 0.263 e. The molecule has 4 nitrogen and oxygen atoms in total. The quantitative estimate of drug-likeness (QED) is 0.843. The van der Waals surface area contributed by atoms with E-state index in [4.69, 9.17) is 10.5 Å². The average molecular weight is 333 g/mol. The first-order chi connectivity index (χ1) is 9.61. The van der Waals surface area contributed by atoms with Crippen molar-refractivity contribution >= 4 is 29.7 Å². The first-order valence-electron chi connectivity index (χ1n) is 7.29. The standard InChI is InChI=1S/C15H24N2O2S.ClH/c1-11-10-14(20-12(11)2)15(18)17-7-4-13(5-8-17)19-9-3-6-16;/h10,13H,3-9,16H2,1-2H3;1H. The molecule has 0 aliphatic carbocycles. The third-order valence-electron chi connectivity index (χ3n) is 3.81. The number of carbonyl (C=O) groups excluding carboxylic acids is 1. The molecule has 6 heteroatoms. The molecular formula is C15H25ClN2O2S. The van der Waals surface area contributed by atoms with Crippen LogP contribution in [0.25, 0.3) is 0 Å². The van der Waals surface area contributed by atoms with E-state index in [1.54, 1.807) is 11.3 Å². The normalized spacial score (nSPS) is 15.9. The molecule has 1 aromatic rings. The monoisotopic (exact) mass is 332 g/mol. The van der Waals surface area contributed by atoms with Crippen molar-refractivity contribution in [1.82, 2.24) is 4.90 Å². The summed E-state index contributed by atoms with van der Waals surface area (Å²) in [6.45, 7) is 7.12. The van der Waals surface area contributed by atoms with Gasteiger partial charge in [-0.3, -0.25) is 4.79 Å². The molecule has 21 heavy (non-hydrogen) atoms. The molecule has 0 unspecified atom stereocenters. The van der Waals surface area contributed by atoms with E-state index in [-0.39, 0.29) is 24.4 Å². The zero-order chi connectivity index (χ0) is 14.5. The molecular weight excluding hydrogens is 308 g/mol. The Bertz CT molecular complexity index is 437. The van der Waals surface area contributed by atoms with Crippen molar-refractivity contribution in [2.75, 3.05) is 26.2 Å². The number of thiophene rings is 1. The van der Waals surface area contributed by atoms with E-state index in [0.717, 1.165) is 43.8 Å². The second-order valence-electron chi connectivity index (χ2n) is 5.35. The van der Waals surface area contributed by atoms with Crippen molar-refractivity contribution in [2.45, 2.75) is 39.2 Å². The van der Waals surface area contributed by atoms with Gasteiger partial charge in [-0.1, -0.05) is 0 Å². The number of piperidine rings is 1. The number of ether oxygens (including phenoxy) is 1. The maximum Gasteiger partial charge on any atom is 0.263 e. The van der Waals surface area contributed by atoms with E-state index < -0.39 is 0 Å². The molecule has 0 radical (unpaired) electrons. The number of amides is 1. The van der Waals surface area contributed by atoms with E-state index in [1.807, 2.05) is 11.0 Å². The van der Waals surface area contributed by atoms with Gasteiger partial charge in [0.05, 0.1) is 11.0 Å². The van der Waals surface area contributed by atoms with Gasteiger partial charge in [-0.25, -0.2) is 0 Å². The Balaban J connectivity index is 0.00000220. The van der Waals surface area contributed by atoms with E-state index in [2.05, 4.69) is 13.8 Å². The van der Waals surface area contributed by atoms with Crippen LogP contribution in [0.1, 0.15) is 39.4 Å². The first kappa shape index (κ1) is 18.4. The number of nitrogens with two attached hydrogens (primary N) is 1. The van der Waals surface area contributed by atoms with Gasteiger partial charge in [0.1, 0.15) is 0 Å². The molecule has 0 atom stereocenters. The van der Waals surface area contributed by atoms with Gasteiger partial charge in [-0.2, -0.15) is 0 Å². The molecule has 1 aromatic heterocycles. The highest BCUT2D eigenvalue weighted by atomic mass is 35.5. The molecule has 0 spiro atoms. The molecule has 1 saturated heterocycles. The average Bonchev–Trinajstić information content (AvgIpc) is 2.79. The van der Waals surface area contributed by atoms with Crippen molar-refractivity contribution in [1.29, 1.82) is 0 Å². The fourth-order valence-corrected chi connectivity index (χ4v) is 3.40. The van der Waals surface area contributed by atoms with Crippen LogP contribution in [0.4, 0.5) is 0 Å². The van der Waals surface area contributed by atoms with Gasteiger partial charge in [0.25, 0.3) is 5.91 Å². The number of aryl methyl sites for hydroxylation is 2. The molecule has 1 aliphatic rings. The summed E-state index contributed by atoms with van der Waals surface area (Å²) in [6, 6.07) is 2.01. The van der Waals surface area contributed by atoms with Gasteiger partial charge in [-0.05, 0) is 51.3 Å². The van der Waals surface area contributed by atoms with Crippen LogP contribution in [0, 0.1) is 13.8 Å². The second kappa shape index (κ2) is 8.73. The van der Waals surface area contributed by atoms with Crippen LogP contribution in [0.2, 0.25) is 0 Å². The maximum absolute atomic E-state index is 12.4. The van der Waals surface area contributed by atoms with E-state index in [1.165, 1.54) is 10.4 Å². The lowest BCUT2D eigenvalue weighted by Crippen LogP contribution is -2.40. The Labute approximate surface area is 137 Å². The molecule has 1 amide bonds. The summed E-state index contributed by atoms with van der Waals surface area (Å²) in [5, 5.41) is 0. The summed E-state index contributed by atoms with van der Waals surface area (Å²) < 4.78 is 5.76. The highest BCUT2D eigenvalue weighted by Gasteiger charge is 2.25. The largest absolute Gasteiger partial charge is 0.378 e. The molecule has 2 heterocycles. The number of hydrogen-bond donors (Lipinski definition) is 1. The predicted molar refractivity (Wildman–Crippen MR) is 89.6 cm³/mol. The Kier molecular flexibility index (Phi) is 7.66. The summed E-state index contributed by atoms with van der Waals surface area (Å²) >= 11 is 1.60. The minimum atomic E-state index is 0. The van der Waals surface area contributed by atoms with Crippen molar-refractivity contribution in [3.8, 4) is 0 Å². The van der Waals surface area contributed by atoms with E-state index >= 15 is 0 Å². The number of likely N-dealkylation sites (tertiary alicyclic amines) is 1. The Morgan fingerprint density at radius 1 is 1.43 bits per heavy atom. The van der Waals surface area contributed by atoms with Gasteiger partial charge in [0, 0.05) is 24.6 Å². The van der Waals surface area contributed by atoms with Crippen LogP contribution in [0.15, 0.2) is 6.07 Å². The highest BCUT2D eigenvalue weighted by Crippen LogP contribution is 2.24. The van der Waals surface area contributed by atoms with Crippen LogP contribution >= 0.6 is 23.7 Å². The molecule has 2 N–H and O–H groups in total. The molecule has 120 valence electrons. The molecule has 0 saturated carbocycles. The second-order valence-corrected chi connectivity index (χ2v) is 6.61. The minimum absolute atomic E-state index is 0. The number of halogens is 1. The lowest BCUT2D eigenvalue weighted by Gasteiger charge is -2.31. The third kappa shape index (κ3) is 4.95. The maximum atomic E-state index is 12.4. The lowest BCUT2D eigenvalue weighted by atomic mass is 10.1. The molecule has 0 aromatic carbocycles. The number of carbonyl (C=O) groups is 1.